The van der Waals surface area contributed by atoms with Crippen molar-refractivity contribution in [3.8, 4) is 17.2 Å². The Morgan fingerprint density at radius 3 is 2.72 bits per heavy atom. The van der Waals surface area contributed by atoms with Gasteiger partial charge < -0.3 is 9.64 Å². The quantitative estimate of drug-likeness (QED) is 0.394. The fraction of sp³-hybridized carbons (Fsp3) is 0.0800. The number of rotatable bonds is 7. The third-order valence-corrected chi connectivity index (χ3v) is 4.69. The summed E-state index contributed by atoms with van der Waals surface area (Å²) < 4.78 is 21.6. The number of amides is 1. The van der Waals surface area contributed by atoms with E-state index in [1.54, 1.807) is 53.3 Å². The van der Waals surface area contributed by atoms with E-state index in [1.807, 2.05) is 36.5 Å². The molecule has 0 saturated carbocycles. The lowest BCUT2D eigenvalue weighted by Gasteiger charge is -2.13. The molecule has 4 rings (SSSR count). The minimum atomic E-state index is -0.523. The Bertz CT molecular complexity index is 1220. The maximum Gasteiger partial charge on any atom is 0.246 e. The van der Waals surface area contributed by atoms with Crippen molar-refractivity contribution in [1.29, 1.82) is 0 Å². The molecule has 0 saturated heterocycles. The zero-order valence-corrected chi connectivity index (χ0v) is 17.4. The van der Waals surface area contributed by atoms with Crippen LogP contribution in [-0.2, 0) is 11.3 Å². The predicted octanol–water partition coefficient (Wildman–Crippen LogP) is 4.87. The number of carbonyl (C=O) groups is 1. The van der Waals surface area contributed by atoms with Crippen LogP contribution in [0.15, 0.2) is 91.5 Å². The molecule has 0 radical (unpaired) electrons. The molecule has 32 heavy (non-hydrogen) atoms. The number of benzene rings is 2. The van der Waals surface area contributed by atoms with Crippen LogP contribution in [0.4, 0.5) is 4.39 Å². The predicted molar refractivity (Wildman–Crippen MR) is 120 cm³/mol. The molecule has 0 aliphatic rings. The van der Waals surface area contributed by atoms with Gasteiger partial charge in [-0.25, -0.2) is 9.07 Å². The summed E-state index contributed by atoms with van der Waals surface area (Å²) in [7, 11) is 1.71. The highest BCUT2D eigenvalue weighted by Gasteiger charge is 2.09. The molecule has 0 fully saturated rings. The summed E-state index contributed by atoms with van der Waals surface area (Å²) in [5.41, 5.74) is 2.41. The van der Waals surface area contributed by atoms with Gasteiger partial charge in [0.1, 0.15) is 5.75 Å². The van der Waals surface area contributed by atoms with E-state index in [4.69, 9.17) is 4.74 Å². The number of hydrogen-bond acceptors (Lipinski definition) is 4. The molecular formula is C25H21FN4O2. The van der Waals surface area contributed by atoms with Gasteiger partial charge in [0.2, 0.25) is 5.91 Å². The summed E-state index contributed by atoms with van der Waals surface area (Å²) in [5, 5.41) is 4.34. The molecule has 2 aromatic carbocycles. The van der Waals surface area contributed by atoms with Crippen LogP contribution in [0.2, 0.25) is 0 Å². The van der Waals surface area contributed by atoms with E-state index in [9.17, 15) is 9.18 Å². The standard InChI is InChI=1S/C25H21FN4O2/c1-29(17-20-15-28-30(18-20)21-6-3-2-4-7-21)25(31)12-10-19-9-11-24(23(26)14-19)32-22-8-5-13-27-16-22/h2-16,18H,17H2,1H3/b12-10+. The Morgan fingerprint density at radius 1 is 1.12 bits per heavy atom. The summed E-state index contributed by atoms with van der Waals surface area (Å²) >= 11 is 0. The topological polar surface area (TPSA) is 60.2 Å². The van der Waals surface area contributed by atoms with Crippen LogP contribution in [0.25, 0.3) is 11.8 Å². The summed E-state index contributed by atoms with van der Waals surface area (Å²) in [4.78, 5) is 18.0. The largest absolute Gasteiger partial charge is 0.453 e. The number of ether oxygens (including phenoxy) is 1. The van der Waals surface area contributed by atoms with Crippen LogP contribution in [-0.4, -0.2) is 32.6 Å². The van der Waals surface area contributed by atoms with Crippen LogP contribution < -0.4 is 4.74 Å². The van der Waals surface area contributed by atoms with E-state index < -0.39 is 5.82 Å². The maximum atomic E-state index is 14.4. The van der Waals surface area contributed by atoms with Crippen LogP contribution in [0.1, 0.15) is 11.1 Å². The van der Waals surface area contributed by atoms with Crippen molar-refractivity contribution in [2.75, 3.05) is 7.05 Å². The third-order valence-electron chi connectivity index (χ3n) is 4.69. The van der Waals surface area contributed by atoms with Crippen molar-refractivity contribution in [1.82, 2.24) is 19.7 Å². The van der Waals surface area contributed by atoms with E-state index in [1.165, 1.54) is 24.4 Å². The molecule has 0 N–H and O–H groups in total. The van der Waals surface area contributed by atoms with Gasteiger partial charge in [-0.1, -0.05) is 24.3 Å². The molecule has 0 aliphatic heterocycles. The zero-order valence-electron chi connectivity index (χ0n) is 17.4. The molecule has 2 heterocycles. The molecule has 4 aromatic rings. The van der Waals surface area contributed by atoms with Crippen LogP contribution in [0, 0.1) is 5.82 Å². The van der Waals surface area contributed by atoms with Gasteiger partial charge in [0.25, 0.3) is 0 Å². The monoisotopic (exact) mass is 428 g/mol. The lowest BCUT2D eigenvalue weighted by molar-refractivity contribution is -0.125. The zero-order chi connectivity index (χ0) is 22.3. The van der Waals surface area contributed by atoms with Gasteiger partial charge in [-0.05, 0) is 48.0 Å². The van der Waals surface area contributed by atoms with Crippen molar-refractivity contribution < 1.29 is 13.9 Å². The molecule has 1 amide bonds. The molecule has 160 valence electrons. The Hall–Kier alpha value is -4.26. The number of carbonyl (C=O) groups excluding carboxylic acids is 1. The number of halogens is 1. The highest BCUT2D eigenvalue weighted by molar-refractivity contribution is 5.91. The Balaban J connectivity index is 1.36. The fourth-order valence-corrected chi connectivity index (χ4v) is 3.05. The molecule has 0 atom stereocenters. The molecule has 0 spiro atoms. The maximum absolute atomic E-state index is 14.4. The van der Waals surface area contributed by atoms with Crippen molar-refractivity contribution in [2.45, 2.75) is 6.54 Å². The normalized spacial score (nSPS) is 10.9. The smallest absolute Gasteiger partial charge is 0.246 e. The summed E-state index contributed by atoms with van der Waals surface area (Å²) in [6.45, 7) is 0.405. The number of aromatic nitrogens is 3. The molecule has 6 nitrogen and oxygen atoms in total. The summed E-state index contributed by atoms with van der Waals surface area (Å²) in [6.07, 6.45) is 9.73. The average molecular weight is 428 g/mol. The van der Waals surface area contributed by atoms with Crippen LogP contribution in [0.5, 0.6) is 11.5 Å². The minimum Gasteiger partial charge on any atom is -0.453 e. The first-order chi connectivity index (χ1) is 15.6. The second-order valence-corrected chi connectivity index (χ2v) is 7.14. The fourth-order valence-electron chi connectivity index (χ4n) is 3.05. The van der Waals surface area contributed by atoms with Crippen LogP contribution >= 0.6 is 0 Å². The molecule has 0 unspecified atom stereocenters. The van der Waals surface area contributed by atoms with Gasteiger partial charge in [-0.2, -0.15) is 5.10 Å². The number of para-hydroxylation sites is 1. The summed E-state index contributed by atoms with van der Waals surface area (Å²) in [5.74, 6) is -0.185. The van der Waals surface area contributed by atoms with E-state index in [2.05, 4.69) is 10.1 Å². The molecule has 0 bridgehead atoms. The Kier molecular flexibility index (Phi) is 6.36. The van der Waals surface area contributed by atoms with Gasteiger partial charge >= 0.3 is 0 Å². The van der Waals surface area contributed by atoms with Crippen molar-refractivity contribution in [3.63, 3.8) is 0 Å². The Morgan fingerprint density at radius 2 is 1.97 bits per heavy atom. The number of nitrogens with zero attached hydrogens (tertiary/aromatic N) is 4. The van der Waals surface area contributed by atoms with E-state index in [-0.39, 0.29) is 11.7 Å². The van der Waals surface area contributed by atoms with E-state index in [0.717, 1.165) is 11.3 Å². The number of pyridine rings is 1. The first-order valence-electron chi connectivity index (χ1n) is 9.98. The lowest BCUT2D eigenvalue weighted by atomic mass is 10.2. The minimum absolute atomic E-state index is 0.0917. The first kappa shape index (κ1) is 21.0. The van der Waals surface area contributed by atoms with Gasteiger partial charge in [-0.15, -0.1) is 0 Å². The van der Waals surface area contributed by atoms with Crippen molar-refractivity contribution in [3.05, 3.63) is 108 Å². The third kappa shape index (κ3) is 5.26. The molecule has 7 heteroatoms. The highest BCUT2D eigenvalue weighted by Crippen LogP contribution is 2.24. The second kappa shape index (κ2) is 9.70. The lowest BCUT2D eigenvalue weighted by Crippen LogP contribution is -2.23. The van der Waals surface area contributed by atoms with Crippen molar-refractivity contribution >= 4 is 12.0 Å². The summed E-state index contributed by atoms with van der Waals surface area (Å²) in [6, 6.07) is 17.7. The second-order valence-electron chi connectivity index (χ2n) is 7.14. The van der Waals surface area contributed by atoms with Gasteiger partial charge in [0.15, 0.2) is 11.6 Å². The Labute approximate surface area is 185 Å². The van der Waals surface area contributed by atoms with E-state index >= 15 is 0 Å². The molecule has 2 aromatic heterocycles. The van der Waals surface area contributed by atoms with Gasteiger partial charge in [0, 0.05) is 37.6 Å². The SMILES string of the molecule is CN(Cc1cnn(-c2ccccc2)c1)C(=O)/C=C/c1ccc(Oc2cccnc2)c(F)c1. The van der Waals surface area contributed by atoms with E-state index in [0.29, 0.717) is 17.9 Å². The average Bonchev–Trinajstić information content (AvgIpc) is 3.29. The van der Waals surface area contributed by atoms with Crippen molar-refractivity contribution in [2.24, 2.45) is 0 Å². The van der Waals surface area contributed by atoms with Gasteiger partial charge in [-0.3, -0.25) is 9.78 Å². The first-order valence-corrected chi connectivity index (χ1v) is 9.98. The van der Waals surface area contributed by atoms with Crippen LogP contribution in [0.3, 0.4) is 0 Å². The van der Waals surface area contributed by atoms with Gasteiger partial charge in [0.05, 0.1) is 18.1 Å². The molecule has 0 aliphatic carbocycles. The number of likely N-dealkylation sites (N-methyl/N-ethyl adjacent to an activating group) is 1. The number of hydrogen-bond donors (Lipinski definition) is 0. The highest BCUT2D eigenvalue weighted by atomic mass is 19.1. The molecular weight excluding hydrogens is 407 g/mol.